The molecule has 2 N–H and O–H groups in total. The molecule has 8 nitrogen and oxygen atoms in total. The largest absolute Gasteiger partial charge is 0.501 e. The summed E-state index contributed by atoms with van der Waals surface area (Å²) in [7, 11) is 2.05. The second kappa shape index (κ2) is 5.30. The minimum absolute atomic E-state index is 0.193. The van der Waals surface area contributed by atoms with Crippen molar-refractivity contribution in [2.45, 2.75) is 0 Å². The molecule has 1 aliphatic heterocycles. The highest BCUT2D eigenvalue weighted by Crippen LogP contribution is 2.18. The number of carboxylic acid groups (broad SMARTS) is 1. The van der Waals surface area contributed by atoms with Crippen LogP contribution in [0.4, 0.5) is 5.69 Å². The molecule has 0 amide bonds. The van der Waals surface area contributed by atoms with Gasteiger partial charge in [0.2, 0.25) is 5.75 Å². The molecule has 8 heteroatoms. The van der Waals surface area contributed by atoms with Gasteiger partial charge in [-0.1, -0.05) is 0 Å². The maximum absolute atomic E-state index is 12.1. The van der Waals surface area contributed by atoms with E-state index < -0.39 is 23.0 Å². The Kier molecular flexibility index (Phi) is 3.45. The summed E-state index contributed by atoms with van der Waals surface area (Å²) in [5.41, 5.74) is -0.374. The van der Waals surface area contributed by atoms with Crippen LogP contribution in [0.2, 0.25) is 0 Å². The van der Waals surface area contributed by atoms with E-state index in [-0.39, 0.29) is 5.65 Å². The van der Waals surface area contributed by atoms with Gasteiger partial charge in [-0.3, -0.25) is 9.20 Å². The normalized spacial score (nSPS) is 16.1. The van der Waals surface area contributed by atoms with Gasteiger partial charge in [0, 0.05) is 32.4 Å². The lowest BCUT2D eigenvalue weighted by molar-refractivity contribution is 0.0686. The lowest BCUT2D eigenvalue weighted by Crippen LogP contribution is -2.44. The number of hydrogen-bond acceptors (Lipinski definition) is 6. The Morgan fingerprint density at radius 2 is 1.91 bits per heavy atom. The van der Waals surface area contributed by atoms with Crippen molar-refractivity contribution in [3.63, 3.8) is 0 Å². The Bertz CT molecular complexity index is 793. The van der Waals surface area contributed by atoms with Crippen LogP contribution in [-0.4, -0.2) is 63.7 Å². The van der Waals surface area contributed by atoms with Gasteiger partial charge in [0.05, 0.1) is 5.69 Å². The highest BCUT2D eigenvalue weighted by molar-refractivity contribution is 5.88. The number of carbonyl (C=O) groups is 1. The summed E-state index contributed by atoms with van der Waals surface area (Å²) in [6.45, 7) is 3.52. The topological polar surface area (TPSA) is 98.4 Å². The smallest absolute Gasteiger partial charge is 0.358 e. The number of likely N-dealkylation sites (N-methyl/N-ethyl adjacent to an activating group) is 1. The van der Waals surface area contributed by atoms with Crippen LogP contribution in [0.3, 0.4) is 0 Å². The lowest BCUT2D eigenvalue weighted by Gasteiger charge is -2.34. The summed E-state index contributed by atoms with van der Waals surface area (Å²) < 4.78 is 1.18. The van der Waals surface area contributed by atoms with Gasteiger partial charge in [-0.05, 0) is 19.2 Å². The van der Waals surface area contributed by atoms with E-state index in [1.165, 1.54) is 4.40 Å². The number of aromatic carboxylic acids is 1. The summed E-state index contributed by atoms with van der Waals surface area (Å²) in [6.07, 6.45) is 1.58. The van der Waals surface area contributed by atoms with E-state index in [9.17, 15) is 14.7 Å². The zero-order chi connectivity index (χ0) is 15.9. The molecule has 0 aromatic carbocycles. The molecule has 0 unspecified atom stereocenters. The van der Waals surface area contributed by atoms with Crippen LogP contribution in [0.5, 0.6) is 5.75 Å². The minimum Gasteiger partial charge on any atom is -0.501 e. The third kappa shape index (κ3) is 2.37. The molecule has 0 bridgehead atoms. The minimum atomic E-state index is -1.43. The standard InChI is InChI=1S/C14H16N4O4/c1-16-4-6-17(7-5-16)9-2-3-10-15-11(14(21)22)12(19)13(20)18(10)8-9/h2-3,8,19H,4-7H2,1H3,(H,21,22). The van der Waals surface area contributed by atoms with Gasteiger partial charge in [-0.2, -0.15) is 0 Å². The highest BCUT2D eigenvalue weighted by atomic mass is 16.4. The molecule has 116 valence electrons. The molecule has 2 aromatic heterocycles. The van der Waals surface area contributed by atoms with Crippen LogP contribution in [0.1, 0.15) is 10.5 Å². The molecular formula is C14H16N4O4. The van der Waals surface area contributed by atoms with E-state index in [0.29, 0.717) is 0 Å². The average molecular weight is 304 g/mol. The number of aromatic hydroxyl groups is 1. The van der Waals surface area contributed by atoms with E-state index in [1.807, 2.05) is 0 Å². The van der Waals surface area contributed by atoms with Crippen LogP contribution in [-0.2, 0) is 0 Å². The van der Waals surface area contributed by atoms with Crippen LogP contribution in [0.15, 0.2) is 23.1 Å². The SMILES string of the molecule is CN1CCN(c2ccc3nc(C(=O)O)c(O)c(=O)n3c2)CC1. The molecule has 1 fully saturated rings. The fraction of sp³-hybridized carbons (Fsp3) is 0.357. The second-order valence-electron chi connectivity index (χ2n) is 5.33. The first kappa shape index (κ1) is 14.3. The average Bonchev–Trinajstić information content (AvgIpc) is 2.51. The zero-order valence-electron chi connectivity index (χ0n) is 12.1. The third-order valence-corrected chi connectivity index (χ3v) is 3.85. The number of anilines is 1. The summed E-state index contributed by atoms with van der Waals surface area (Å²) in [4.78, 5) is 31.3. The number of nitrogens with zero attached hydrogens (tertiary/aromatic N) is 4. The van der Waals surface area contributed by atoms with Gasteiger partial charge in [0.25, 0.3) is 0 Å². The van der Waals surface area contributed by atoms with Gasteiger partial charge < -0.3 is 20.0 Å². The van der Waals surface area contributed by atoms with Gasteiger partial charge in [-0.15, -0.1) is 0 Å². The first-order valence-corrected chi connectivity index (χ1v) is 6.89. The summed E-state index contributed by atoms with van der Waals surface area (Å²) in [5, 5.41) is 18.7. The molecule has 0 spiro atoms. The summed E-state index contributed by atoms with van der Waals surface area (Å²) in [5.74, 6) is -2.28. The van der Waals surface area contributed by atoms with Crippen LogP contribution in [0, 0.1) is 0 Å². The Hall–Kier alpha value is -2.61. The van der Waals surface area contributed by atoms with Crippen LogP contribution < -0.4 is 10.5 Å². The van der Waals surface area contributed by atoms with Crippen molar-refractivity contribution >= 4 is 17.3 Å². The Labute approximate surface area is 125 Å². The van der Waals surface area contributed by atoms with Crippen molar-refractivity contribution in [1.29, 1.82) is 0 Å². The zero-order valence-corrected chi connectivity index (χ0v) is 12.1. The number of aromatic nitrogens is 2. The number of rotatable bonds is 2. The number of pyridine rings is 1. The first-order valence-electron chi connectivity index (χ1n) is 6.89. The molecule has 0 saturated carbocycles. The Morgan fingerprint density at radius 1 is 1.23 bits per heavy atom. The lowest BCUT2D eigenvalue weighted by atomic mass is 10.2. The number of carboxylic acids is 1. The third-order valence-electron chi connectivity index (χ3n) is 3.85. The van der Waals surface area contributed by atoms with Gasteiger partial charge >= 0.3 is 11.5 Å². The van der Waals surface area contributed by atoms with E-state index >= 15 is 0 Å². The summed E-state index contributed by atoms with van der Waals surface area (Å²) >= 11 is 0. The van der Waals surface area contributed by atoms with Crippen molar-refractivity contribution in [2.75, 3.05) is 38.1 Å². The molecule has 0 radical (unpaired) electrons. The molecule has 22 heavy (non-hydrogen) atoms. The molecule has 3 rings (SSSR count). The number of fused-ring (bicyclic) bond motifs is 1. The van der Waals surface area contributed by atoms with E-state index in [4.69, 9.17) is 5.11 Å². The molecule has 1 saturated heterocycles. The van der Waals surface area contributed by atoms with Crippen molar-refractivity contribution < 1.29 is 15.0 Å². The van der Waals surface area contributed by atoms with Gasteiger partial charge in [0.15, 0.2) is 5.69 Å². The maximum atomic E-state index is 12.1. The molecule has 2 aromatic rings. The van der Waals surface area contributed by atoms with Crippen molar-refractivity contribution in [3.8, 4) is 5.75 Å². The fourth-order valence-electron chi connectivity index (χ4n) is 2.52. The summed E-state index contributed by atoms with van der Waals surface area (Å²) in [6, 6.07) is 3.39. The van der Waals surface area contributed by atoms with E-state index in [1.54, 1.807) is 18.3 Å². The molecule has 0 atom stereocenters. The van der Waals surface area contributed by atoms with Crippen molar-refractivity contribution in [1.82, 2.24) is 14.3 Å². The number of hydrogen-bond donors (Lipinski definition) is 2. The second-order valence-corrected chi connectivity index (χ2v) is 5.33. The quantitative estimate of drug-likeness (QED) is 0.796. The molecule has 3 heterocycles. The maximum Gasteiger partial charge on any atom is 0.358 e. The monoisotopic (exact) mass is 304 g/mol. The molecule has 1 aliphatic rings. The van der Waals surface area contributed by atoms with Crippen LogP contribution in [0.25, 0.3) is 5.65 Å². The predicted octanol–water partition coefficient (Wildman–Crippen LogP) is -0.150. The Morgan fingerprint density at radius 3 is 2.55 bits per heavy atom. The van der Waals surface area contributed by atoms with E-state index in [0.717, 1.165) is 31.9 Å². The predicted molar refractivity (Wildman–Crippen MR) is 79.8 cm³/mol. The molecular weight excluding hydrogens is 288 g/mol. The highest BCUT2D eigenvalue weighted by Gasteiger charge is 2.19. The van der Waals surface area contributed by atoms with Crippen molar-refractivity contribution in [2.24, 2.45) is 0 Å². The fourth-order valence-corrected chi connectivity index (χ4v) is 2.52. The van der Waals surface area contributed by atoms with Gasteiger partial charge in [0.1, 0.15) is 5.65 Å². The van der Waals surface area contributed by atoms with E-state index in [2.05, 4.69) is 21.8 Å². The molecule has 0 aliphatic carbocycles. The first-order chi connectivity index (χ1) is 10.5. The number of piperazine rings is 1. The van der Waals surface area contributed by atoms with Gasteiger partial charge in [-0.25, -0.2) is 9.78 Å². The van der Waals surface area contributed by atoms with Crippen LogP contribution >= 0.6 is 0 Å². The Balaban J connectivity index is 2.07. The van der Waals surface area contributed by atoms with Crippen molar-refractivity contribution in [3.05, 3.63) is 34.4 Å².